The fourth-order valence-corrected chi connectivity index (χ4v) is 6.10. The molecule has 2 aliphatic rings. The van der Waals surface area contributed by atoms with Gasteiger partial charge in [-0.15, -0.1) is 0 Å². The fraction of sp³-hybridized carbons (Fsp3) is 0.290. The van der Waals surface area contributed by atoms with Crippen LogP contribution >= 0.6 is 0 Å². The van der Waals surface area contributed by atoms with Crippen LogP contribution in [-0.4, -0.2) is 46.2 Å². The molecule has 0 saturated carbocycles. The van der Waals surface area contributed by atoms with Crippen molar-refractivity contribution in [1.82, 2.24) is 14.8 Å². The van der Waals surface area contributed by atoms with Crippen molar-refractivity contribution in [2.45, 2.75) is 38.1 Å². The SMILES string of the molecule is CCc1ccc([C@H]2CN3C(=O)CN(CCc4cccc(F)c4)C(=O)[C@]3(C)c3[nH]c4ccccc4c32)cc1. The molecule has 3 aromatic carbocycles. The summed E-state index contributed by atoms with van der Waals surface area (Å²) in [5.74, 6) is -0.512. The number of rotatable bonds is 5. The first-order valence-electron chi connectivity index (χ1n) is 12.9. The molecule has 5 nitrogen and oxygen atoms in total. The molecular weight excluding hydrogens is 465 g/mol. The largest absolute Gasteiger partial charge is 0.356 e. The number of aromatic amines is 1. The molecule has 0 aliphatic carbocycles. The van der Waals surface area contributed by atoms with Crippen molar-refractivity contribution in [2.24, 2.45) is 0 Å². The van der Waals surface area contributed by atoms with Gasteiger partial charge in [0.15, 0.2) is 5.54 Å². The molecule has 0 bridgehead atoms. The van der Waals surface area contributed by atoms with Crippen LogP contribution in [0, 0.1) is 5.82 Å². The number of aryl methyl sites for hydroxylation is 1. The fourth-order valence-electron chi connectivity index (χ4n) is 6.10. The van der Waals surface area contributed by atoms with Crippen molar-refractivity contribution in [3.8, 4) is 0 Å². The Balaban J connectivity index is 1.43. The highest BCUT2D eigenvalue weighted by atomic mass is 19.1. The summed E-state index contributed by atoms with van der Waals surface area (Å²) in [4.78, 5) is 34.7. The maximum absolute atomic E-state index is 14.1. The lowest BCUT2D eigenvalue weighted by Gasteiger charge is -2.51. The Morgan fingerprint density at radius 2 is 1.78 bits per heavy atom. The smallest absolute Gasteiger partial charge is 0.254 e. The number of carbonyl (C=O) groups is 2. The van der Waals surface area contributed by atoms with Crippen LogP contribution < -0.4 is 0 Å². The summed E-state index contributed by atoms with van der Waals surface area (Å²) in [7, 11) is 0. The van der Waals surface area contributed by atoms with Gasteiger partial charge in [-0.05, 0) is 60.2 Å². The van der Waals surface area contributed by atoms with Crippen molar-refractivity contribution in [3.05, 3.63) is 107 Å². The molecular formula is C31H30FN3O2. The van der Waals surface area contributed by atoms with Crippen molar-refractivity contribution in [1.29, 1.82) is 0 Å². The molecule has 0 unspecified atom stereocenters. The number of aromatic nitrogens is 1. The van der Waals surface area contributed by atoms with Gasteiger partial charge in [0.1, 0.15) is 5.82 Å². The molecule has 2 atom stereocenters. The summed E-state index contributed by atoms with van der Waals surface area (Å²) in [5, 5.41) is 1.08. The van der Waals surface area contributed by atoms with E-state index >= 15 is 0 Å². The minimum Gasteiger partial charge on any atom is -0.356 e. The summed E-state index contributed by atoms with van der Waals surface area (Å²) >= 11 is 0. The van der Waals surface area contributed by atoms with Crippen molar-refractivity contribution < 1.29 is 14.0 Å². The monoisotopic (exact) mass is 495 g/mol. The number of hydrogen-bond acceptors (Lipinski definition) is 2. The molecule has 1 aromatic heterocycles. The van der Waals surface area contributed by atoms with Gasteiger partial charge < -0.3 is 14.8 Å². The molecule has 1 saturated heterocycles. The summed E-state index contributed by atoms with van der Waals surface area (Å²) in [6.45, 7) is 4.83. The van der Waals surface area contributed by atoms with E-state index in [4.69, 9.17) is 0 Å². The van der Waals surface area contributed by atoms with Gasteiger partial charge in [-0.2, -0.15) is 0 Å². The zero-order chi connectivity index (χ0) is 25.7. The number of piperazine rings is 1. The maximum atomic E-state index is 14.1. The number of benzene rings is 3. The Morgan fingerprint density at radius 3 is 2.54 bits per heavy atom. The van der Waals surface area contributed by atoms with Crippen LogP contribution in [0.3, 0.4) is 0 Å². The van der Waals surface area contributed by atoms with Crippen LogP contribution in [0.25, 0.3) is 10.9 Å². The molecule has 2 aliphatic heterocycles. The molecule has 1 fully saturated rings. The molecule has 6 heteroatoms. The van der Waals surface area contributed by atoms with Crippen LogP contribution in [0.1, 0.15) is 47.7 Å². The van der Waals surface area contributed by atoms with Gasteiger partial charge in [0.05, 0.1) is 12.2 Å². The lowest BCUT2D eigenvalue weighted by atomic mass is 9.76. The number of H-pyrrole nitrogens is 1. The molecule has 188 valence electrons. The van der Waals surface area contributed by atoms with Crippen molar-refractivity contribution >= 4 is 22.7 Å². The molecule has 1 N–H and O–H groups in total. The highest BCUT2D eigenvalue weighted by Crippen LogP contribution is 2.48. The van der Waals surface area contributed by atoms with E-state index in [1.165, 1.54) is 17.7 Å². The van der Waals surface area contributed by atoms with E-state index in [0.29, 0.717) is 19.5 Å². The van der Waals surface area contributed by atoms with Crippen LogP contribution in [0.15, 0.2) is 72.8 Å². The molecule has 0 spiro atoms. The molecule has 0 radical (unpaired) electrons. The lowest BCUT2D eigenvalue weighted by molar-refractivity contribution is -0.166. The third-order valence-electron chi connectivity index (χ3n) is 8.17. The first-order chi connectivity index (χ1) is 17.9. The zero-order valence-corrected chi connectivity index (χ0v) is 21.1. The van der Waals surface area contributed by atoms with E-state index in [9.17, 15) is 14.0 Å². The van der Waals surface area contributed by atoms with Crippen molar-refractivity contribution in [2.75, 3.05) is 19.6 Å². The van der Waals surface area contributed by atoms with E-state index in [0.717, 1.165) is 39.7 Å². The Morgan fingerprint density at radius 1 is 1.00 bits per heavy atom. The molecule has 37 heavy (non-hydrogen) atoms. The number of fused-ring (bicyclic) bond motifs is 5. The van der Waals surface area contributed by atoms with E-state index in [2.05, 4.69) is 42.2 Å². The minimum atomic E-state index is -1.13. The van der Waals surface area contributed by atoms with Crippen molar-refractivity contribution in [3.63, 3.8) is 0 Å². The highest BCUT2D eigenvalue weighted by molar-refractivity contribution is 6.01. The van der Waals surface area contributed by atoms with Gasteiger partial charge in [0.25, 0.3) is 5.91 Å². The van der Waals surface area contributed by atoms with Gasteiger partial charge in [-0.1, -0.05) is 61.5 Å². The van der Waals surface area contributed by atoms with Gasteiger partial charge in [-0.25, -0.2) is 4.39 Å². The number of nitrogens with one attached hydrogen (secondary N) is 1. The third kappa shape index (κ3) is 3.74. The number of nitrogens with zero attached hydrogens (tertiary/aromatic N) is 2. The zero-order valence-electron chi connectivity index (χ0n) is 21.1. The second-order valence-electron chi connectivity index (χ2n) is 10.3. The average molecular weight is 496 g/mol. The Bertz CT molecular complexity index is 1510. The number of carbonyl (C=O) groups excluding carboxylic acids is 2. The van der Waals surface area contributed by atoms with E-state index in [1.54, 1.807) is 15.9 Å². The quantitative estimate of drug-likeness (QED) is 0.417. The Hall–Kier alpha value is -3.93. The Kier molecular flexibility index (Phi) is 5.63. The van der Waals surface area contributed by atoms with Crippen LogP contribution in [-0.2, 0) is 28.0 Å². The van der Waals surface area contributed by atoms with Gasteiger partial charge in [0.2, 0.25) is 5.91 Å². The van der Waals surface area contributed by atoms with E-state index < -0.39 is 5.54 Å². The van der Waals surface area contributed by atoms with Crippen LogP contribution in [0.5, 0.6) is 0 Å². The van der Waals surface area contributed by atoms with Gasteiger partial charge in [-0.3, -0.25) is 9.59 Å². The maximum Gasteiger partial charge on any atom is 0.254 e. The average Bonchev–Trinajstić information content (AvgIpc) is 3.31. The third-order valence-corrected chi connectivity index (χ3v) is 8.17. The van der Waals surface area contributed by atoms with Gasteiger partial charge in [0, 0.05) is 29.9 Å². The number of halogens is 1. The summed E-state index contributed by atoms with van der Waals surface area (Å²) in [5.41, 5.74) is 4.91. The Labute approximate surface area is 215 Å². The predicted octanol–water partition coefficient (Wildman–Crippen LogP) is 5.14. The summed E-state index contributed by atoms with van der Waals surface area (Å²) in [6, 6.07) is 23.1. The predicted molar refractivity (Wildman–Crippen MR) is 142 cm³/mol. The number of para-hydroxylation sites is 1. The molecule has 2 amide bonds. The normalized spacial score (nSPS) is 21.3. The number of hydrogen-bond donors (Lipinski definition) is 1. The van der Waals surface area contributed by atoms with Crippen LogP contribution in [0.4, 0.5) is 4.39 Å². The summed E-state index contributed by atoms with van der Waals surface area (Å²) in [6.07, 6.45) is 1.45. The molecule has 4 aromatic rings. The van der Waals surface area contributed by atoms with E-state index in [-0.39, 0.29) is 30.1 Å². The summed E-state index contributed by atoms with van der Waals surface area (Å²) < 4.78 is 13.7. The standard InChI is InChI=1S/C31H30FN3O2/c1-3-20-11-13-22(14-12-20)25-18-35-27(36)19-34(16-15-21-7-6-8-23(32)17-21)30(37)31(35,2)29-28(25)24-9-4-5-10-26(24)33-29/h4-14,17,25,33H,3,15-16,18-19H2,1-2H3/t25-,31+/m1/s1. The lowest BCUT2D eigenvalue weighted by Crippen LogP contribution is -2.67. The number of amides is 2. The topological polar surface area (TPSA) is 56.4 Å². The van der Waals surface area contributed by atoms with Crippen LogP contribution in [0.2, 0.25) is 0 Å². The van der Waals surface area contributed by atoms with E-state index in [1.807, 2.05) is 31.2 Å². The molecule has 6 rings (SSSR count). The molecule has 3 heterocycles. The minimum absolute atomic E-state index is 0.0286. The second kappa shape index (κ2) is 8.87. The second-order valence-corrected chi connectivity index (χ2v) is 10.3. The first kappa shape index (κ1) is 23.5. The van der Waals surface area contributed by atoms with Gasteiger partial charge >= 0.3 is 0 Å². The highest BCUT2D eigenvalue weighted by Gasteiger charge is 2.56. The first-order valence-corrected chi connectivity index (χ1v) is 12.9.